The highest BCUT2D eigenvalue weighted by atomic mass is 79.9. The van der Waals surface area contributed by atoms with Crippen LogP contribution in [-0.2, 0) is 4.74 Å². The summed E-state index contributed by atoms with van der Waals surface area (Å²) in [5, 5.41) is 7.66. The molecule has 1 atom stereocenters. The van der Waals surface area contributed by atoms with Gasteiger partial charge in [0.1, 0.15) is 11.2 Å². The summed E-state index contributed by atoms with van der Waals surface area (Å²) in [5.74, 6) is 0.577. The van der Waals surface area contributed by atoms with E-state index in [0.717, 1.165) is 23.4 Å². The van der Waals surface area contributed by atoms with Crippen LogP contribution < -0.4 is 10.1 Å². The van der Waals surface area contributed by atoms with Crippen molar-refractivity contribution in [1.29, 1.82) is 0 Å². The zero-order chi connectivity index (χ0) is 12.4. The zero-order valence-corrected chi connectivity index (χ0v) is 11.3. The van der Waals surface area contributed by atoms with Crippen LogP contribution in [0.5, 0.6) is 5.88 Å². The summed E-state index contributed by atoms with van der Waals surface area (Å²) < 4.78 is 13.5. The minimum atomic E-state index is 0.225. The van der Waals surface area contributed by atoms with E-state index in [2.05, 4.69) is 31.3 Å². The van der Waals surface area contributed by atoms with Crippen molar-refractivity contribution in [3.8, 4) is 5.88 Å². The van der Waals surface area contributed by atoms with E-state index >= 15 is 0 Å². The van der Waals surface area contributed by atoms with Gasteiger partial charge in [-0.3, -0.25) is 0 Å². The number of halogens is 1. The first-order valence-electron chi connectivity index (χ1n) is 5.77. The normalized spacial score (nSPS) is 20.2. The van der Waals surface area contributed by atoms with Gasteiger partial charge in [-0.2, -0.15) is 0 Å². The molecule has 2 aromatic heterocycles. The third-order valence-electron chi connectivity index (χ3n) is 2.73. The molecule has 7 heteroatoms. The lowest BCUT2D eigenvalue weighted by atomic mass is 10.3. The van der Waals surface area contributed by atoms with E-state index in [1.807, 2.05) is 12.1 Å². The quantitative estimate of drug-likeness (QED) is 0.911. The lowest BCUT2D eigenvalue weighted by Crippen LogP contribution is -2.44. The Morgan fingerprint density at radius 3 is 3.33 bits per heavy atom. The molecule has 3 rings (SSSR count). The molecule has 96 valence electrons. The molecule has 18 heavy (non-hydrogen) atoms. The van der Waals surface area contributed by atoms with Crippen molar-refractivity contribution in [2.45, 2.75) is 6.04 Å². The molecule has 1 saturated heterocycles. The van der Waals surface area contributed by atoms with Crippen LogP contribution in [0.25, 0.3) is 5.65 Å². The fourth-order valence-electron chi connectivity index (χ4n) is 1.82. The second-order valence-electron chi connectivity index (χ2n) is 4.06. The Balaban J connectivity index is 1.68. The maximum atomic E-state index is 5.65. The molecular formula is C11H13BrN4O2. The number of nitrogens with one attached hydrogen (secondary N) is 1. The number of morpholine rings is 1. The SMILES string of the molecule is Brc1cnc2ccc(OC[C@H]3COCCN3)nn12. The first-order chi connectivity index (χ1) is 8.83. The molecular weight excluding hydrogens is 300 g/mol. The summed E-state index contributed by atoms with van der Waals surface area (Å²) in [6.07, 6.45) is 1.71. The van der Waals surface area contributed by atoms with Gasteiger partial charge in [0.05, 0.1) is 25.5 Å². The van der Waals surface area contributed by atoms with E-state index in [4.69, 9.17) is 9.47 Å². The van der Waals surface area contributed by atoms with Gasteiger partial charge in [-0.25, -0.2) is 9.50 Å². The third kappa shape index (κ3) is 2.47. The Labute approximate surface area is 112 Å². The molecule has 3 heterocycles. The smallest absolute Gasteiger partial charge is 0.231 e. The van der Waals surface area contributed by atoms with Gasteiger partial charge in [0.15, 0.2) is 5.65 Å². The van der Waals surface area contributed by atoms with Crippen LogP contribution in [-0.4, -0.2) is 47.0 Å². The molecule has 0 aliphatic carbocycles. The number of hydrogen-bond acceptors (Lipinski definition) is 5. The molecule has 0 aromatic carbocycles. The van der Waals surface area contributed by atoms with Crippen LogP contribution in [0.15, 0.2) is 22.9 Å². The standard InChI is InChI=1S/C11H13BrN4O2/c12-9-5-14-10-1-2-11(15-16(9)10)18-7-8-6-17-4-3-13-8/h1-2,5,8,13H,3-4,6-7H2/t8-/m1/s1. The topological polar surface area (TPSA) is 60.7 Å². The fourth-order valence-corrected chi connectivity index (χ4v) is 2.18. The van der Waals surface area contributed by atoms with Gasteiger partial charge in [-0.15, -0.1) is 5.10 Å². The Morgan fingerprint density at radius 1 is 1.56 bits per heavy atom. The minimum absolute atomic E-state index is 0.225. The summed E-state index contributed by atoms with van der Waals surface area (Å²) in [6, 6.07) is 3.92. The van der Waals surface area contributed by atoms with E-state index in [0.29, 0.717) is 19.1 Å². The number of imidazole rings is 1. The van der Waals surface area contributed by atoms with E-state index in [9.17, 15) is 0 Å². The number of fused-ring (bicyclic) bond motifs is 1. The third-order valence-corrected chi connectivity index (χ3v) is 3.27. The van der Waals surface area contributed by atoms with Gasteiger partial charge < -0.3 is 14.8 Å². The fraction of sp³-hybridized carbons (Fsp3) is 0.455. The lowest BCUT2D eigenvalue weighted by molar-refractivity contribution is 0.0583. The lowest BCUT2D eigenvalue weighted by Gasteiger charge is -2.23. The van der Waals surface area contributed by atoms with Crippen molar-refractivity contribution in [2.24, 2.45) is 0 Å². The van der Waals surface area contributed by atoms with E-state index in [-0.39, 0.29) is 6.04 Å². The highest BCUT2D eigenvalue weighted by molar-refractivity contribution is 9.10. The molecule has 1 aliphatic heterocycles. The van der Waals surface area contributed by atoms with Gasteiger partial charge in [-0.05, 0) is 22.0 Å². The van der Waals surface area contributed by atoms with Crippen molar-refractivity contribution in [3.63, 3.8) is 0 Å². The molecule has 6 nitrogen and oxygen atoms in total. The van der Waals surface area contributed by atoms with Crippen LogP contribution in [0, 0.1) is 0 Å². The first-order valence-corrected chi connectivity index (χ1v) is 6.56. The maximum absolute atomic E-state index is 5.65. The minimum Gasteiger partial charge on any atom is -0.475 e. The molecule has 2 aromatic rings. The Morgan fingerprint density at radius 2 is 2.50 bits per heavy atom. The molecule has 0 radical (unpaired) electrons. The summed E-state index contributed by atoms with van der Waals surface area (Å²) in [7, 11) is 0. The van der Waals surface area contributed by atoms with Gasteiger partial charge in [0.2, 0.25) is 5.88 Å². The highest BCUT2D eigenvalue weighted by Crippen LogP contribution is 2.14. The summed E-state index contributed by atoms with van der Waals surface area (Å²) >= 11 is 3.38. The second kappa shape index (κ2) is 5.21. The molecule has 0 unspecified atom stereocenters. The van der Waals surface area contributed by atoms with Gasteiger partial charge in [-0.1, -0.05) is 0 Å². The number of nitrogens with zero attached hydrogens (tertiary/aromatic N) is 3. The summed E-state index contributed by atoms with van der Waals surface area (Å²) in [6.45, 7) is 2.86. The van der Waals surface area contributed by atoms with Crippen molar-refractivity contribution in [3.05, 3.63) is 22.9 Å². The predicted octanol–water partition coefficient (Wildman–Crippen LogP) is 0.859. The Bertz CT molecular complexity index is 539. The van der Waals surface area contributed by atoms with Crippen LogP contribution in [0.2, 0.25) is 0 Å². The first kappa shape index (κ1) is 11.9. The van der Waals surface area contributed by atoms with Crippen molar-refractivity contribution >= 4 is 21.6 Å². The second-order valence-corrected chi connectivity index (χ2v) is 4.87. The largest absolute Gasteiger partial charge is 0.475 e. The predicted molar refractivity (Wildman–Crippen MR) is 68.8 cm³/mol. The van der Waals surface area contributed by atoms with E-state index in [1.165, 1.54) is 0 Å². The number of rotatable bonds is 3. The van der Waals surface area contributed by atoms with Crippen LogP contribution >= 0.6 is 15.9 Å². The Kier molecular flexibility index (Phi) is 3.44. The highest BCUT2D eigenvalue weighted by Gasteiger charge is 2.14. The number of hydrogen-bond donors (Lipinski definition) is 1. The summed E-state index contributed by atoms with van der Waals surface area (Å²) in [4.78, 5) is 4.18. The van der Waals surface area contributed by atoms with Gasteiger partial charge >= 0.3 is 0 Å². The summed E-state index contributed by atoms with van der Waals surface area (Å²) in [5.41, 5.74) is 0.786. The van der Waals surface area contributed by atoms with Crippen molar-refractivity contribution in [2.75, 3.05) is 26.4 Å². The monoisotopic (exact) mass is 312 g/mol. The van der Waals surface area contributed by atoms with Crippen molar-refractivity contribution < 1.29 is 9.47 Å². The van der Waals surface area contributed by atoms with Crippen LogP contribution in [0.1, 0.15) is 0 Å². The van der Waals surface area contributed by atoms with E-state index in [1.54, 1.807) is 10.7 Å². The van der Waals surface area contributed by atoms with Gasteiger partial charge in [0, 0.05) is 12.6 Å². The van der Waals surface area contributed by atoms with E-state index < -0.39 is 0 Å². The van der Waals surface area contributed by atoms with Crippen LogP contribution in [0.4, 0.5) is 0 Å². The molecule has 1 fully saturated rings. The number of ether oxygens (including phenoxy) is 2. The molecule has 0 spiro atoms. The maximum Gasteiger partial charge on any atom is 0.231 e. The zero-order valence-electron chi connectivity index (χ0n) is 9.67. The Hall–Kier alpha value is -1.18. The van der Waals surface area contributed by atoms with Crippen molar-refractivity contribution in [1.82, 2.24) is 19.9 Å². The van der Waals surface area contributed by atoms with Crippen LogP contribution in [0.3, 0.4) is 0 Å². The molecule has 0 saturated carbocycles. The molecule has 1 aliphatic rings. The average molecular weight is 313 g/mol. The molecule has 1 N–H and O–H groups in total. The average Bonchev–Trinajstić information content (AvgIpc) is 2.79. The molecule has 0 amide bonds. The molecule has 0 bridgehead atoms. The number of aromatic nitrogens is 3. The van der Waals surface area contributed by atoms with Gasteiger partial charge in [0.25, 0.3) is 0 Å².